The molecule has 1 fully saturated rings. The molecule has 2 nitrogen and oxygen atoms in total. The molecule has 1 aromatic heterocycles. The Hall–Kier alpha value is -1.35. The number of fused-ring (bicyclic) bond motifs is 1. The number of hydrogen-bond acceptors (Lipinski definition) is 2. The van der Waals surface area contributed by atoms with Crippen LogP contribution in [0.25, 0.3) is 11.0 Å². The van der Waals surface area contributed by atoms with E-state index in [1.54, 1.807) is 6.07 Å². The molecule has 1 N–H and O–H groups in total. The van der Waals surface area contributed by atoms with E-state index in [0.29, 0.717) is 18.2 Å². The second kappa shape index (κ2) is 3.59. The average molecular weight is 219 g/mol. The van der Waals surface area contributed by atoms with Crippen molar-refractivity contribution in [3.63, 3.8) is 0 Å². The molecule has 1 aliphatic carbocycles. The van der Waals surface area contributed by atoms with Gasteiger partial charge in [0.15, 0.2) is 11.4 Å². The zero-order valence-corrected chi connectivity index (χ0v) is 9.22. The molecule has 0 bridgehead atoms. The highest BCUT2D eigenvalue weighted by atomic mass is 19.1. The standard InChI is InChI=1S/C13H14FNO/c1-8-10-3-2-4-11(14)13(10)16-12(8)7-15-9-5-6-9/h2-4,9,15H,5-7H2,1H3. The molecule has 0 spiro atoms. The zero-order valence-electron chi connectivity index (χ0n) is 9.22. The van der Waals surface area contributed by atoms with Gasteiger partial charge in [0, 0.05) is 11.4 Å². The number of para-hydroxylation sites is 1. The number of furan rings is 1. The number of rotatable bonds is 3. The molecular weight excluding hydrogens is 205 g/mol. The molecule has 1 aliphatic rings. The van der Waals surface area contributed by atoms with E-state index in [2.05, 4.69) is 5.32 Å². The fourth-order valence-electron chi connectivity index (χ4n) is 1.95. The number of benzene rings is 1. The fourth-order valence-corrected chi connectivity index (χ4v) is 1.95. The molecule has 16 heavy (non-hydrogen) atoms. The summed E-state index contributed by atoms with van der Waals surface area (Å²) in [4.78, 5) is 0. The van der Waals surface area contributed by atoms with Gasteiger partial charge < -0.3 is 9.73 Å². The van der Waals surface area contributed by atoms with E-state index in [1.165, 1.54) is 18.9 Å². The predicted octanol–water partition coefficient (Wildman–Crippen LogP) is 3.13. The fraction of sp³-hybridized carbons (Fsp3) is 0.385. The molecule has 0 saturated heterocycles. The minimum Gasteiger partial charge on any atom is -0.456 e. The van der Waals surface area contributed by atoms with Crippen LogP contribution in [0.1, 0.15) is 24.2 Å². The lowest BCUT2D eigenvalue weighted by molar-refractivity contribution is 0.491. The lowest BCUT2D eigenvalue weighted by atomic mass is 10.1. The quantitative estimate of drug-likeness (QED) is 0.858. The van der Waals surface area contributed by atoms with Gasteiger partial charge in [-0.2, -0.15) is 0 Å². The molecule has 1 heterocycles. The molecular formula is C13H14FNO. The van der Waals surface area contributed by atoms with Gasteiger partial charge in [-0.25, -0.2) is 4.39 Å². The van der Waals surface area contributed by atoms with Crippen molar-refractivity contribution in [3.8, 4) is 0 Å². The first-order valence-electron chi connectivity index (χ1n) is 5.65. The maximum absolute atomic E-state index is 13.5. The van der Waals surface area contributed by atoms with Gasteiger partial charge in [0.25, 0.3) is 0 Å². The van der Waals surface area contributed by atoms with Crippen LogP contribution in [0.3, 0.4) is 0 Å². The van der Waals surface area contributed by atoms with Crippen molar-refractivity contribution in [2.45, 2.75) is 32.4 Å². The molecule has 0 atom stereocenters. The lowest BCUT2D eigenvalue weighted by Gasteiger charge is -1.99. The third-order valence-electron chi connectivity index (χ3n) is 3.14. The third kappa shape index (κ3) is 1.61. The van der Waals surface area contributed by atoms with Crippen molar-refractivity contribution in [3.05, 3.63) is 35.3 Å². The summed E-state index contributed by atoms with van der Waals surface area (Å²) in [5, 5.41) is 4.26. The van der Waals surface area contributed by atoms with Crippen LogP contribution in [0.15, 0.2) is 22.6 Å². The first-order valence-corrected chi connectivity index (χ1v) is 5.65. The SMILES string of the molecule is Cc1c(CNC2CC2)oc2c(F)cccc12. The van der Waals surface area contributed by atoms with Crippen LogP contribution in [0.5, 0.6) is 0 Å². The molecule has 84 valence electrons. The van der Waals surface area contributed by atoms with Crippen molar-refractivity contribution in [2.75, 3.05) is 0 Å². The summed E-state index contributed by atoms with van der Waals surface area (Å²) in [5.74, 6) is 0.574. The zero-order chi connectivity index (χ0) is 11.1. The van der Waals surface area contributed by atoms with Gasteiger partial charge in [-0.3, -0.25) is 0 Å². The minimum absolute atomic E-state index is 0.279. The highest BCUT2D eigenvalue weighted by molar-refractivity contribution is 5.82. The van der Waals surface area contributed by atoms with E-state index in [1.807, 2.05) is 13.0 Å². The predicted molar refractivity (Wildman–Crippen MR) is 60.8 cm³/mol. The van der Waals surface area contributed by atoms with Crippen molar-refractivity contribution < 1.29 is 8.81 Å². The lowest BCUT2D eigenvalue weighted by Crippen LogP contribution is -2.15. The Morgan fingerprint density at radius 2 is 2.25 bits per heavy atom. The van der Waals surface area contributed by atoms with E-state index in [9.17, 15) is 4.39 Å². The van der Waals surface area contributed by atoms with E-state index >= 15 is 0 Å². The first-order chi connectivity index (χ1) is 7.75. The van der Waals surface area contributed by atoms with Gasteiger partial charge in [0.1, 0.15) is 5.76 Å². The highest BCUT2D eigenvalue weighted by Gasteiger charge is 2.21. The number of aryl methyl sites for hydroxylation is 1. The number of nitrogens with one attached hydrogen (secondary N) is 1. The molecule has 0 amide bonds. The van der Waals surface area contributed by atoms with Crippen LogP contribution in [-0.4, -0.2) is 6.04 Å². The third-order valence-corrected chi connectivity index (χ3v) is 3.14. The summed E-state index contributed by atoms with van der Waals surface area (Å²) in [7, 11) is 0. The summed E-state index contributed by atoms with van der Waals surface area (Å²) < 4.78 is 19.0. The van der Waals surface area contributed by atoms with Gasteiger partial charge >= 0.3 is 0 Å². The van der Waals surface area contributed by atoms with E-state index < -0.39 is 0 Å². The summed E-state index contributed by atoms with van der Waals surface area (Å²) in [6.07, 6.45) is 2.49. The molecule has 0 radical (unpaired) electrons. The highest BCUT2D eigenvalue weighted by Crippen LogP contribution is 2.28. The maximum Gasteiger partial charge on any atom is 0.170 e. The van der Waals surface area contributed by atoms with Crippen molar-refractivity contribution in [1.82, 2.24) is 5.32 Å². The molecule has 0 aliphatic heterocycles. The van der Waals surface area contributed by atoms with E-state index in [-0.39, 0.29) is 5.82 Å². The van der Waals surface area contributed by atoms with Crippen molar-refractivity contribution in [2.24, 2.45) is 0 Å². The smallest absolute Gasteiger partial charge is 0.170 e. The van der Waals surface area contributed by atoms with Crippen LogP contribution < -0.4 is 5.32 Å². The maximum atomic E-state index is 13.5. The van der Waals surface area contributed by atoms with Gasteiger partial charge in [-0.15, -0.1) is 0 Å². The van der Waals surface area contributed by atoms with Crippen molar-refractivity contribution in [1.29, 1.82) is 0 Å². The summed E-state index contributed by atoms with van der Waals surface area (Å²) >= 11 is 0. The monoisotopic (exact) mass is 219 g/mol. The average Bonchev–Trinajstić information content (AvgIpc) is 3.04. The molecule has 3 heteroatoms. The normalized spacial score (nSPS) is 15.9. The molecule has 2 aromatic rings. The van der Waals surface area contributed by atoms with Crippen LogP contribution >= 0.6 is 0 Å². The van der Waals surface area contributed by atoms with Crippen LogP contribution in [0.4, 0.5) is 4.39 Å². The Morgan fingerprint density at radius 3 is 2.94 bits per heavy atom. The summed E-state index contributed by atoms with van der Waals surface area (Å²) in [6, 6.07) is 5.69. The topological polar surface area (TPSA) is 25.2 Å². The molecule has 1 saturated carbocycles. The first kappa shape index (κ1) is 9.85. The van der Waals surface area contributed by atoms with Crippen LogP contribution in [0.2, 0.25) is 0 Å². The molecule has 1 aromatic carbocycles. The summed E-state index contributed by atoms with van der Waals surface area (Å²) in [5.41, 5.74) is 1.43. The van der Waals surface area contributed by atoms with E-state index in [4.69, 9.17) is 4.42 Å². The van der Waals surface area contributed by atoms with Gasteiger partial charge in [0.2, 0.25) is 0 Å². The Kier molecular flexibility index (Phi) is 2.21. The van der Waals surface area contributed by atoms with Gasteiger partial charge in [-0.1, -0.05) is 12.1 Å². The largest absolute Gasteiger partial charge is 0.456 e. The molecule has 0 unspecified atom stereocenters. The van der Waals surface area contributed by atoms with Gasteiger partial charge in [-0.05, 0) is 31.4 Å². The Labute approximate surface area is 93.4 Å². The Morgan fingerprint density at radius 1 is 1.44 bits per heavy atom. The second-order valence-corrected chi connectivity index (χ2v) is 4.42. The summed E-state index contributed by atoms with van der Waals surface area (Å²) in [6.45, 7) is 2.68. The molecule has 3 rings (SSSR count). The minimum atomic E-state index is -0.279. The second-order valence-electron chi connectivity index (χ2n) is 4.42. The number of hydrogen-bond donors (Lipinski definition) is 1. The van der Waals surface area contributed by atoms with Crippen molar-refractivity contribution >= 4 is 11.0 Å². The van der Waals surface area contributed by atoms with E-state index in [0.717, 1.165) is 16.7 Å². The van der Waals surface area contributed by atoms with Crippen LogP contribution in [-0.2, 0) is 6.54 Å². The van der Waals surface area contributed by atoms with Crippen LogP contribution in [0, 0.1) is 12.7 Å². The Balaban J connectivity index is 1.97. The number of halogens is 1. The van der Waals surface area contributed by atoms with Gasteiger partial charge in [0.05, 0.1) is 6.54 Å². The Bertz CT molecular complexity index is 528.